The molecule has 0 spiro atoms. The van der Waals surface area contributed by atoms with Gasteiger partial charge in [0.05, 0.1) is 11.4 Å². The van der Waals surface area contributed by atoms with Crippen LogP contribution in [0.4, 0.5) is 15.2 Å². The number of para-hydroxylation sites is 1. The number of thioether (sulfide) groups is 1. The Morgan fingerprint density at radius 3 is 2.76 bits per heavy atom. The Morgan fingerprint density at radius 1 is 1.32 bits per heavy atom. The standard InChI is InChI=1S/C17H17FN4OS2/c1-10-8-12(11(2)22(10)3)15(23)9-24-17-21-20-16(25-17)19-14-7-5-4-6-13(14)18/h4-8H,9H2,1-3H3,(H,19,20). The van der Waals surface area contributed by atoms with E-state index >= 15 is 0 Å². The Hall–Kier alpha value is -2.19. The summed E-state index contributed by atoms with van der Waals surface area (Å²) in [4.78, 5) is 12.4. The second-order valence-corrected chi connectivity index (χ2v) is 7.73. The van der Waals surface area contributed by atoms with Gasteiger partial charge in [-0.1, -0.05) is 35.2 Å². The molecular weight excluding hydrogens is 359 g/mol. The van der Waals surface area contributed by atoms with Crippen LogP contribution in [0.15, 0.2) is 34.7 Å². The molecule has 0 radical (unpaired) electrons. The van der Waals surface area contributed by atoms with Crippen LogP contribution >= 0.6 is 23.1 Å². The number of Topliss-reactive ketones (excluding diaryl/α,β-unsaturated/α-hetero) is 1. The lowest BCUT2D eigenvalue weighted by atomic mass is 10.2. The molecule has 0 aliphatic heterocycles. The number of hydrogen-bond donors (Lipinski definition) is 1. The fraction of sp³-hybridized carbons (Fsp3) is 0.235. The number of nitrogens with zero attached hydrogens (tertiary/aromatic N) is 3. The van der Waals surface area contributed by atoms with Crippen molar-refractivity contribution in [3.05, 3.63) is 53.1 Å². The molecule has 0 saturated carbocycles. The second-order valence-electron chi connectivity index (χ2n) is 5.53. The first-order valence-electron chi connectivity index (χ1n) is 7.59. The summed E-state index contributed by atoms with van der Waals surface area (Å²) in [5.74, 6) is 0.000503. The minimum Gasteiger partial charge on any atom is -0.351 e. The van der Waals surface area contributed by atoms with E-state index in [1.54, 1.807) is 18.2 Å². The SMILES string of the molecule is Cc1cc(C(=O)CSc2nnc(Nc3ccccc3F)s2)c(C)n1C. The maximum Gasteiger partial charge on any atom is 0.210 e. The number of nitrogens with one attached hydrogen (secondary N) is 1. The maximum atomic E-state index is 13.6. The normalized spacial score (nSPS) is 10.9. The van der Waals surface area contributed by atoms with Crippen molar-refractivity contribution < 1.29 is 9.18 Å². The van der Waals surface area contributed by atoms with Crippen molar-refractivity contribution in [2.75, 3.05) is 11.1 Å². The van der Waals surface area contributed by atoms with Gasteiger partial charge in [0, 0.05) is 24.0 Å². The van der Waals surface area contributed by atoms with Crippen LogP contribution in [0.2, 0.25) is 0 Å². The molecule has 1 N–H and O–H groups in total. The van der Waals surface area contributed by atoms with Crippen LogP contribution in [0.3, 0.4) is 0 Å². The van der Waals surface area contributed by atoms with Crippen LogP contribution in [0, 0.1) is 19.7 Å². The third-order valence-corrected chi connectivity index (χ3v) is 5.90. The van der Waals surface area contributed by atoms with Gasteiger partial charge in [-0.2, -0.15) is 0 Å². The molecule has 0 amide bonds. The van der Waals surface area contributed by atoms with Gasteiger partial charge < -0.3 is 9.88 Å². The lowest BCUT2D eigenvalue weighted by Gasteiger charge is -2.02. The average molecular weight is 376 g/mol. The van der Waals surface area contributed by atoms with Gasteiger partial charge in [-0.15, -0.1) is 10.2 Å². The number of carbonyl (C=O) groups is 1. The highest BCUT2D eigenvalue weighted by molar-refractivity contribution is 8.01. The monoisotopic (exact) mass is 376 g/mol. The smallest absolute Gasteiger partial charge is 0.210 e. The predicted molar refractivity (Wildman–Crippen MR) is 99.5 cm³/mol. The fourth-order valence-corrected chi connectivity index (χ4v) is 3.99. The van der Waals surface area contributed by atoms with E-state index in [-0.39, 0.29) is 11.6 Å². The number of anilines is 2. The zero-order chi connectivity index (χ0) is 18.0. The van der Waals surface area contributed by atoms with Crippen LogP contribution in [-0.4, -0.2) is 26.3 Å². The first-order valence-corrected chi connectivity index (χ1v) is 9.40. The van der Waals surface area contributed by atoms with Gasteiger partial charge in [-0.05, 0) is 32.0 Å². The Bertz CT molecular complexity index is 919. The molecule has 0 bridgehead atoms. The number of hydrogen-bond acceptors (Lipinski definition) is 6. The lowest BCUT2D eigenvalue weighted by Crippen LogP contribution is -2.04. The van der Waals surface area contributed by atoms with E-state index in [4.69, 9.17) is 0 Å². The van der Waals surface area contributed by atoms with Crippen molar-refractivity contribution >= 4 is 39.7 Å². The zero-order valence-electron chi connectivity index (χ0n) is 14.0. The number of aromatic nitrogens is 3. The number of ketones is 1. The van der Waals surface area contributed by atoms with Gasteiger partial charge in [-0.3, -0.25) is 4.79 Å². The first-order chi connectivity index (χ1) is 12.0. The lowest BCUT2D eigenvalue weighted by molar-refractivity contribution is 0.102. The molecule has 3 aromatic rings. The Balaban J connectivity index is 1.63. The van der Waals surface area contributed by atoms with Gasteiger partial charge in [0.25, 0.3) is 0 Å². The number of rotatable bonds is 6. The number of halogens is 1. The minimum absolute atomic E-state index is 0.0602. The summed E-state index contributed by atoms with van der Waals surface area (Å²) < 4.78 is 16.3. The summed E-state index contributed by atoms with van der Waals surface area (Å²) in [6.45, 7) is 3.91. The Kier molecular flexibility index (Phi) is 5.19. The zero-order valence-corrected chi connectivity index (χ0v) is 15.7. The van der Waals surface area contributed by atoms with Crippen LogP contribution in [0.1, 0.15) is 21.7 Å². The number of carbonyl (C=O) groups excluding carboxylic acids is 1. The molecule has 8 heteroatoms. The molecule has 1 aromatic carbocycles. The molecule has 5 nitrogen and oxygen atoms in total. The van der Waals surface area contributed by atoms with Crippen molar-refractivity contribution in [3.63, 3.8) is 0 Å². The molecule has 2 aromatic heterocycles. The van der Waals surface area contributed by atoms with E-state index in [9.17, 15) is 9.18 Å². The molecule has 0 fully saturated rings. The van der Waals surface area contributed by atoms with Gasteiger partial charge in [0.1, 0.15) is 5.82 Å². The van der Waals surface area contributed by atoms with Crippen molar-refractivity contribution in [1.29, 1.82) is 0 Å². The molecule has 2 heterocycles. The van der Waals surface area contributed by atoms with Crippen molar-refractivity contribution in [3.8, 4) is 0 Å². The van der Waals surface area contributed by atoms with Gasteiger partial charge in [0.2, 0.25) is 5.13 Å². The summed E-state index contributed by atoms with van der Waals surface area (Å²) >= 11 is 2.63. The third-order valence-electron chi connectivity index (χ3n) is 3.92. The van der Waals surface area contributed by atoms with Crippen molar-refractivity contribution in [2.24, 2.45) is 7.05 Å². The molecule has 25 heavy (non-hydrogen) atoms. The van der Waals surface area contributed by atoms with E-state index < -0.39 is 0 Å². The topological polar surface area (TPSA) is 59.8 Å². The summed E-state index contributed by atoms with van der Waals surface area (Å²) in [7, 11) is 1.94. The summed E-state index contributed by atoms with van der Waals surface area (Å²) in [5.41, 5.74) is 3.10. The first kappa shape index (κ1) is 17.6. The summed E-state index contributed by atoms with van der Waals surface area (Å²) in [6.07, 6.45) is 0. The third kappa shape index (κ3) is 3.91. The molecule has 0 unspecified atom stereocenters. The highest BCUT2D eigenvalue weighted by Crippen LogP contribution is 2.29. The Morgan fingerprint density at radius 2 is 2.08 bits per heavy atom. The molecule has 0 aliphatic rings. The Labute approximate surface area is 153 Å². The van der Waals surface area contributed by atoms with E-state index in [0.717, 1.165) is 17.0 Å². The van der Waals surface area contributed by atoms with Crippen LogP contribution in [0.5, 0.6) is 0 Å². The fourth-order valence-electron chi connectivity index (χ4n) is 2.34. The van der Waals surface area contributed by atoms with Gasteiger partial charge >= 0.3 is 0 Å². The highest BCUT2D eigenvalue weighted by atomic mass is 32.2. The molecule has 0 atom stereocenters. The van der Waals surface area contributed by atoms with E-state index in [2.05, 4.69) is 15.5 Å². The highest BCUT2D eigenvalue weighted by Gasteiger charge is 2.15. The van der Waals surface area contributed by atoms with Crippen molar-refractivity contribution in [1.82, 2.24) is 14.8 Å². The number of aryl methyl sites for hydroxylation is 1. The van der Waals surface area contributed by atoms with Crippen LogP contribution < -0.4 is 5.32 Å². The van der Waals surface area contributed by atoms with E-state index in [1.807, 2.05) is 31.5 Å². The predicted octanol–water partition coefficient (Wildman–Crippen LogP) is 4.35. The minimum atomic E-state index is -0.350. The molecule has 0 aliphatic carbocycles. The maximum absolute atomic E-state index is 13.6. The average Bonchev–Trinajstić information content (AvgIpc) is 3.15. The second kappa shape index (κ2) is 7.37. The van der Waals surface area contributed by atoms with Crippen LogP contribution in [-0.2, 0) is 7.05 Å². The largest absolute Gasteiger partial charge is 0.351 e. The summed E-state index contributed by atoms with van der Waals surface area (Å²) in [5, 5.41) is 11.4. The molecule has 0 saturated heterocycles. The quantitative estimate of drug-likeness (QED) is 0.512. The van der Waals surface area contributed by atoms with Crippen LogP contribution in [0.25, 0.3) is 0 Å². The summed E-state index contributed by atoms with van der Waals surface area (Å²) in [6, 6.07) is 8.28. The van der Waals surface area contributed by atoms with Gasteiger partial charge in [-0.25, -0.2) is 4.39 Å². The molecular formula is C17H17FN4OS2. The van der Waals surface area contributed by atoms with E-state index in [0.29, 0.717) is 20.9 Å². The van der Waals surface area contributed by atoms with E-state index in [1.165, 1.54) is 29.2 Å². The van der Waals surface area contributed by atoms with Crippen molar-refractivity contribution in [2.45, 2.75) is 18.2 Å². The number of benzene rings is 1. The molecule has 3 rings (SSSR count). The molecule has 130 valence electrons. The van der Waals surface area contributed by atoms with Gasteiger partial charge in [0.15, 0.2) is 10.1 Å².